The Balaban J connectivity index is 1.58. The van der Waals surface area contributed by atoms with E-state index in [2.05, 4.69) is 34.6 Å². The maximum atomic E-state index is 13.1. The Morgan fingerprint density at radius 1 is 0.935 bits per heavy atom. The first-order chi connectivity index (χ1) is 21.5. The Morgan fingerprint density at radius 3 is 2.07 bits per heavy atom. The molecule has 0 spiro atoms. The van der Waals surface area contributed by atoms with Crippen LogP contribution in [0.15, 0.2) is 11.5 Å². The lowest BCUT2D eigenvalue weighted by atomic mass is 9.84. The van der Waals surface area contributed by atoms with Crippen molar-refractivity contribution >= 4 is 13.8 Å². The number of carbonyl (C=O) groups is 1. The maximum absolute atomic E-state index is 13.1. The number of ether oxygens (including phenoxy) is 2. The molecule has 0 bridgehead atoms. The average Bonchev–Trinajstić information content (AvgIpc) is 3.23. The van der Waals surface area contributed by atoms with Crippen LogP contribution in [-0.4, -0.2) is 50.6 Å². The van der Waals surface area contributed by atoms with E-state index in [1.165, 1.54) is 44.9 Å². The lowest BCUT2D eigenvalue weighted by Crippen LogP contribution is -2.37. The summed E-state index contributed by atoms with van der Waals surface area (Å²) in [5, 5.41) is 29.2. The highest BCUT2D eigenvalue weighted by atomic mass is 31.2. The fraction of sp³-hybridized carbons (Fsp3) is 0.743. The molecule has 0 amide bonds. The molecule has 262 valence electrons. The van der Waals surface area contributed by atoms with Crippen molar-refractivity contribution < 1.29 is 48.1 Å². The maximum Gasteiger partial charge on any atom is 0.527 e. The summed E-state index contributed by atoms with van der Waals surface area (Å²) >= 11 is 0. The number of fused-ring (bicyclic) bond motifs is 1. The van der Waals surface area contributed by atoms with Gasteiger partial charge in [0.2, 0.25) is 5.76 Å². The molecule has 0 saturated carbocycles. The number of cyclic esters (lactones) is 1. The van der Waals surface area contributed by atoms with Gasteiger partial charge in [-0.2, -0.15) is 0 Å². The highest BCUT2D eigenvalue weighted by Gasteiger charge is 2.44. The van der Waals surface area contributed by atoms with Crippen molar-refractivity contribution in [3.63, 3.8) is 0 Å². The van der Waals surface area contributed by atoms with Gasteiger partial charge in [0.15, 0.2) is 11.9 Å². The normalized spacial score (nSPS) is 23.0. The topological polar surface area (TPSA) is 152 Å². The van der Waals surface area contributed by atoms with Gasteiger partial charge < -0.3 is 29.3 Å². The van der Waals surface area contributed by atoms with Crippen molar-refractivity contribution in [2.45, 2.75) is 144 Å². The third-order valence-electron chi connectivity index (χ3n) is 9.77. The van der Waals surface area contributed by atoms with Crippen molar-refractivity contribution in [1.29, 1.82) is 0 Å². The number of carbonyl (C=O) groups excluding carboxylic acids is 1. The van der Waals surface area contributed by atoms with E-state index in [0.29, 0.717) is 23.5 Å². The third-order valence-corrected chi connectivity index (χ3v) is 10.7. The van der Waals surface area contributed by atoms with Gasteiger partial charge in [-0.05, 0) is 87.8 Å². The lowest BCUT2D eigenvalue weighted by Gasteiger charge is -2.38. The van der Waals surface area contributed by atoms with Crippen molar-refractivity contribution in [1.82, 2.24) is 0 Å². The smallest absolute Gasteiger partial charge is 0.505 e. The van der Waals surface area contributed by atoms with Crippen molar-refractivity contribution in [3.8, 4) is 11.5 Å². The monoisotopic (exact) mass is 668 g/mol. The van der Waals surface area contributed by atoms with Gasteiger partial charge in [-0.25, -0.2) is 9.36 Å². The molecule has 4 unspecified atom stereocenters. The summed E-state index contributed by atoms with van der Waals surface area (Å²) in [4.78, 5) is 22.2. The lowest BCUT2D eigenvalue weighted by molar-refractivity contribution is -0.147. The predicted molar refractivity (Wildman–Crippen MR) is 177 cm³/mol. The SMILES string of the molecule is Cc1c(C)c2c(c(C)c1OP(=O)(O)O[C@@H](CO)[C@H]1OC(=O)C(O)=C1O)CCC(C)(CCCC(C)CCCC(C)CCCC(C)C)O2. The molecule has 2 aliphatic rings. The van der Waals surface area contributed by atoms with Crippen LogP contribution in [0.3, 0.4) is 0 Å². The van der Waals surface area contributed by atoms with Crippen LogP contribution in [0, 0.1) is 38.5 Å². The first-order valence-electron chi connectivity index (χ1n) is 16.9. The predicted octanol–water partition coefficient (Wildman–Crippen LogP) is 8.24. The van der Waals surface area contributed by atoms with Crippen LogP contribution >= 0.6 is 7.82 Å². The van der Waals surface area contributed by atoms with Crippen LogP contribution in [0.5, 0.6) is 11.5 Å². The van der Waals surface area contributed by atoms with Gasteiger partial charge in [-0.15, -0.1) is 0 Å². The van der Waals surface area contributed by atoms with Crippen molar-refractivity contribution in [3.05, 3.63) is 33.8 Å². The molecule has 2 aliphatic heterocycles. The summed E-state index contributed by atoms with van der Waals surface area (Å²) in [6.45, 7) is 16.1. The standard InChI is InChI=1S/C35H57O10P/c1-21(2)12-9-13-22(3)14-10-15-23(4)16-11-18-35(8)19-17-27-26(7)31(24(5)25(6)32(27)43-35)45-46(40,41)44-28(20-36)33-29(37)30(38)34(39)42-33/h21-23,28,33,36-38H,9-20H2,1-8H3,(H,40,41)/t22?,23?,28-,33+,35?/m0/s1. The summed E-state index contributed by atoms with van der Waals surface area (Å²) < 4.78 is 35.2. The number of benzene rings is 1. The second kappa shape index (κ2) is 16.2. The molecule has 0 aromatic heterocycles. The molecule has 6 atom stereocenters. The van der Waals surface area contributed by atoms with Crippen LogP contribution < -0.4 is 9.26 Å². The van der Waals surface area contributed by atoms with Gasteiger partial charge in [0, 0.05) is 5.56 Å². The minimum Gasteiger partial charge on any atom is -0.505 e. The summed E-state index contributed by atoms with van der Waals surface area (Å²) in [5.41, 5.74) is 2.65. The second-order valence-corrected chi connectivity index (χ2v) is 15.7. The van der Waals surface area contributed by atoms with E-state index in [9.17, 15) is 29.6 Å². The van der Waals surface area contributed by atoms with Gasteiger partial charge in [-0.3, -0.25) is 9.42 Å². The number of hydrogen-bond acceptors (Lipinski definition) is 9. The molecule has 11 heteroatoms. The number of phosphoric ester groups is 1. The van der Waals surface area contributed by atoms with Gasteiger partial charge >= 0.3 is 13.8 Å². The van der Waals surface area contributed by atoms with Crippen LogP contribution in [0.1, 0.15) is 121 Å². The Labute approximate surface area is 275 Å². The van der Waals surface area contributed by atoms with Crippen molar-refractivity contribution in [2.24, 2.45) is 17.8 Å². The van der Waals surface area contributed by atoms with Crippen molar-refractivity contribution in [2.75, 3.05) is 6.61 Å². The molecule has 0 saturated heterocycles. The number of rotatable bonds is 18. The second-order valence-electron chi connectivity index (χ2n) is 14.4. The zero-order chi connectivity index (χ0) is 34.4. The van der Waals surface area contributed by atoms with Crippen LogP contribution in [-0.2, 0) is 25.0 Å². The molecule has 2 heterocycles. The van der Waals surface area contributed by atoms with E-state index in [1.807, 2.05) is 6.92 Å². The minimum atomic E-state index is -4.90. The van der Waals surface area contributed by atoms with E-state index in [0.717, 1.165) is 48.0 Å². The molecule has 0 aliphatic carbocycles. The third kappa shape index (κ3) is 9.88. The number of hydrogen-bond donors (Lipinski definition) is 4. The molecular formula is C35H57O10P. The molecule has 0 fully saturated rings. The molecule has 1 aromatic carbocycles. The highest BCUT2D eigenvalue weighted by Crippen LogP contribution is 2.52. The average molecular weight is 669 g/mol. The summed E-state index contributed by atoms with van der Waals surface area (Å²) in [5.74, 6) is 0.0443. The van der Waals surface area contributed by atoms with E-state index < -0.39 is 44.1 Å². The van der Waals surface area contributed by atoms with Gasteiger partial charge in [-0.1, -0.05) is 72.6 Å². The Bertz CT molecular complexity index is 1290. The summed E-state index contributed by atoms with van der Waals surface area (Å²) in [6.07, 6.45) is 9.27. The fourth-order valence-corrected chi connectivity index (χ4v) is 7.67. The Hall–Kier alpha value is -2.26. The first kappa shape index (κ1) is 38.2. The number of aliphatic hydroxyl groups excluding tert-OH is 3. The Morgan fingerprint density at radius 2 is 1.52 bits per heavy atom. The van der Waals surface area contributed by atoms with Gasteiger partial charge in [0.1, 0.15) is 23.2 Å². The van der Waals surface area contributed by atoms with Gasteiger partial charge in [0.25, 0.3) is 0 Å². The molecule has 10 nitrogen and oxygen atoms in total. The van der Waals surface area contributed by atoms with E-state index >= 15 is 0 Å². The molecule has 4 N–H and O–H groups in total. The van der Waals surface area contributed by atoms with E-state index in [1.54, 1.807) is 13.8 Å². The molecular weight excluding hydrogens is 611 g/mol. The van der Waals surface area contributed by atoms with Crippen LogP contribution in [0.2, 0.25) is 0 Å². The van der Waals surface area contributed by atoms with E-state index in [-0.39, 0.29) is 11.4 Å². The number of aliphatic hydroxyl groups is 3. The minimum absolute atomic E-state index is 0.167. The molecule has 3 rings (SSSR count). The first-order valence-corrected chi connectivity index (χ1v) is 18.4. The molecule has 0 radical (unpaired) electrons. The number of phosphoric acid groups is 1. The summed E-state index contributed by atoms with van der Waals surface area (Å²) in [6, 6.07) is 0. The summed E-state index contributed by atoms with van der Waals surface area (Å²) in [7, 11) is -4.90. The quantitative estimate of drug-likeness (QED) is 0.0889. The Kier molecular flexibility index (Phi) is 13.5. The van der Waals surface area contributed by atoms with E-state index in [4.69, 9.17) is 18.5 Å². The zero-order valence-corrected chi connectivity index (χ0v) is 30.0. The largest absolute Gasteiger partial charge is 0.527 e. The van der Waals surface area contributed by atoms with Crippen LogP contribution in [0.4, 0.5) is 0 Å². The molecule has 1 aromatic rings. The molecule has 46 heavy (non-hydrogen) atoms. The highest BCUT2D eigenvalue weighted by molar-refractivity contribution is 7.47. The van der Waals surface area contributed by atoms with Crippen LogP contribution in [0.25, 0.3) is 0 Å². The van der Waals surface area contributed by atoms with Gasteiger partial charge in [0.05, 0.1) is 6.61 Å². The zero-order valence-electron chi connectivity index (χ0n) is 29.1. The fourth-order valence-electron chi connectivity index (χ4n) is 6.61. The number of esters is 1.